The van der Waals surface area contributed by atoms with E-state index in [1.54, 1.807) is 0 Å². The van der Waals surface area contributed by atoms with Crippen LogP contribution in [0.5, 0.6) is 0 Å². The Balaban J connectivity index is 2.54. The number of aliphatic hydroxyl groups excluding tert-OH is 3. The van der Waals surface area contributed by atoms with E-state index in [9.17, 15) is 24.9 Å². The number of hydrogen-bond donors (Lipinski definition) is 3. The zero-order valence-corrected chi connectivity index (χ0v) is 12.2. The molecule has 2 rings (SSSR count). The predicted octanol–water partition coefficient (Wildman–Crippen LogP) is -1.11. The van der Waals surface area contributed by atoms with Crippen molar-refractivity contribution in [2.75, 3.05) is 7.11 Å². The summed E-state index contributed by atoms with van der Waals surface area (Å²) in [6.07, 6.45) is -5.57. The highest BCUT2D eigenvalue weighted by molar-refractivity contribution is 5.94. The SMILES string of the molecule is COC(=O)c1nnc2c(c1C)C(O)C(C(O)C(C)O)OC2=O. The molecule has 2 heterocycles. The lowest BCUT2D eigenvalue weighted by molar-refractivity contribution is -0.115. The van der Waals surface area contributed by atoms with Crippen LogP contribution in [-0.4, -0.2) is 62.9 Å². The Morgan fingerprint density at radius 2 is 2.00 bits per heavy atom. The fourth-order valence-corrected chi connectivity index (χ4v) is 2.28. The molecular formula is C13H16N2O7. The van der Waals surface area contributed by atoms with Crippen LogP contribution in [0.25, 0.3) is 0 Å². The number of nitrogens with zero attached hydrogens (tertiary/aromatic N) is 2. The van der Waals surface area contributed by atoms with E-state index in [4.69, 9.17) is 4.74 Å². The molecule has 4 atom stereocenters. The average molecular weight is 312 g/mol. The highest BCUT2D eigenvalue weighted by Gasteiger charge is 2.43. The Morgan fingerprint density at radius 1 is 1.36 bits per heavy atom. The van der Waals surface area contributed by atoms with Crippen LogP contribution >= 0.6 is 0 Å². The number of methoxy groups -OCH3 is 1. The van der Waals surface area contributed by atoms with Gasteiger partial charge in [0.05, 0.1) is 13.2 Å². The van der Waals surface area contributed by atoms with Gasteiger partial charge in [-0.15, -0.1) is 10.2 Å². The molecule has 0 aliphatic carbocycles. The molecule has 4 unspecified atom stereocenters. The first-order chi connectivity index (χ1) is 10.3. The Kier molecular flexibility index (Phi) is 4.40. The second-order valence-corrected chi connectivity index (χ2v) is 4.97. The zero-order chi connectivity index (χ0) is 16.6. The van der Waals surface area contributed by atoms with E-state index in [0.717, 1.165) is 7.11 Å². The quantitative estimate of drug-likeness (QED) is 0.592. The molecule has 0 radical (unpaired) electrons. The van der Waals surface area contributed by atoms with Crippen LogP contribution in [0.3, 0.4) is 0 Å². The van der Waals surface area contributed by atoms with Gasteiger partial charge in [0, 0.05) is 5.56 Å². The molecule has 0 bridgehead atoms. The number of aromatic nitrogens is 2. The standard InChI is InChI=1S/C13H16N2O7/c1-4-6-8(15-14-7(4)12(19)21-3)13(20)22-11(10(6)18)9(17)5(2)16/h5,9-11,16-18H,1-3H3. The van der Waals surface area contributed by atoms with Crippen molar-refractivity contribution in [3.05, 3.63) is 22.5 Å². The summed E-state index contributed by atoms with van der Waals surface area (Å²) in [7, 11) is 1.16. The average Bonchev–Trinajstić information content (AvgIpc) is 2.49. The normalized spacial score (nSPS) is 23.3. The third-order valence-corrected chi connectivity index (χ3v) is 3.52. The molecular weight excluding hydrogens is 296 g/mol. The molecule has 9 nitrogen and oxygen atoms in total. The summed E-state index contributed by atoms with van der Waals surface area (Å²) >= 11 is 0. The highest BCUT2D eigenvalue weighted by Crippen LogP contribution is 2.33. The maximum Gasteiger partial charge on any atom is 0.359 e. The fourth-order valence-electron chi connectivity index (χ4n) is 2.28. The van der Waals surface area contributed by atoms with Crippen molar-refractivity contribution in [2.24, 2.45) is 0 Å². The van der Waals surface area contributed by atoms with Crippen molar-refractivity contribution in [3.63, 3.8) is 0 Å². The van der Waals surface area contributed by atoms with Gasteiger partial charge in [-0.3, -0.25) is 0 Å². The molecule has 120 valence electrons. The van der Waals surface area contributed by atoms with E-state index in [2.05, 4.69) is 14.9 Å². The minimum Gasteiger partial charge on any atom is -0.464 e. The van der Waals surface area contributed by atoms with Crippen molar-refractivity contribution >= 4 is 11.9 Å². The summed E-state index contributed by atoms with van der Waals surface area (Å²) in [5.74, 6) is -1.68. The Bertz CT molecular complexity index is 617. The molecule has 0 spiro atoms. The van der Waals surface area contributed by atoms with Crippen LogP contribution in [0.4, 0.5) is 0 Å². The number of ether oxygens (including phenoxy) is 2. The first kappa shape index (κ1) is 16.3. The number of aliphatic hydroxyl groups is 3. The number of hydrogen-bond acceptors (Lipinski definition) is 9. The number of cyclic esters (lactones) is 1. The molecule has 1 aromatic heterocycles. The molecule has 0 amide bonds. The molecule has 9 heteroatoms. The van der Waals surface area contributed by atoms with Crippen molar-refractivity contribution in [1.29, 1.82) is 0 Å². The van der Waals surface area contributed by atoms with Crippen LogP contribution in [0, 0.1) is 6.92 Å². The fraction of sp³-hybridized carbons (Fsp3) is 0.538. The minimum absolute atomic E-state index is 0.0244. The van der Waals surface area contributed by atoms with Gasteiger partial charge in [0.1, 0.15) is 12.2 Å². The van der Waals surface area contributed by atoms with Crippen molar-refractivity contribution in [2.45, 2.75) is 38.3 Å². The largest absolute Gasteiger partial charge is 0.464 e. The van der Waals surface area contributed by atoms with Gasteiger partial charge in [-0.05, 0) is 19.4 Å². The predicted molar refractivity (Wildman–Crippen MR) is 70.0 cm³/mol. The van der Waals surface area contributed by atoms with E-state index in [1.165, 1.54) is 13.8 Å². The molecule has 0 fully saturated rings. The molecule has 3 N–H and O–H groups in total. The number of carbonyl (C=O) groups excluding carboxylic acids is 2. The van der Waals surface area contributed by atoms with Crippen molar-refractivity contribution < 1.29 is 34.4 Å². The third-order valence-electron chi connectivity index (χ3n) is 3.52. The van der Waals surface area contributed by atoms with E-state index >= 15 is 0 Å². The number of fused-ring (bicyclic) bond motifs is 1. The highest BCUT2D eigenvalue weighted by atomic mass is 16.6. The molecule has 1 aliphatic rings. The first-order valence-electron chi connectivity index (χ1n) is 6.50. The summed E-state index contributed by atoms with van der Waals surface area (Å²) in [4.78, 5) is 23.5. The van der Waals surface area contributed by atoms with E-state index in [1.807, 2.05) is 0 Å². The van der Waals surface area contributed by atoms with E-state index < -0.39 is 36.4 Å². The van der Waals surface area contributed by atoms with Crippen LogP contribution in [0.2, 0.25) is 0 Å². The Morgan fingerprint density at radius 3 is 2.55 bits per heavy atom. The van der Waals surface area contributed by atoms with Gasteiger partial charge in [0.15, 0.2) is 17.5 Å². The molecule has 22 heavy (non-hydrogen) atoms. The van der Waals surface area contributed by atoms with Crippen LogP contribution in [0.15, 0.2) is 0 Å². The zero-order valence-electron chi connectivity index (χ0n) is 12.2. The molecule has 1 aliphatic heterocycles. The van der Waals surface area contributed by atoms with Gasteiger partial charge in [0.25, 0.3) is 0 Å². The number of esters is 2. The lowest BCUT2D eigenvalue weighted by Gasteiger charge is -2.33. The Labute approximate surface area is 125 Å². The lowest BCUT2D eigenvalue weighted by atomic mass is 9.91. The van der Waals surface area contributed by atoms with Crippen LogP contribution in [0.1, 0.15) is 45.1 Å². The first-order valence-corrected chi connectivity index (χ1v) is 6.50. The maximum atomic E-state index is 11.9. The number of rotatable bonds is 3. The van der Waals surface area contributed by atoms with Gasteiger partial charge in [-0.2, -0.15) is 0 Å². The van der Waals surface area contributed by atoms with Gasteiger partial charge in [-0.1, -0.05) is 0 Å². The Hall–Kier alpha value is -2.10. The second kappa shape index (κ2) is 5.95. The summed E-state index contributed by atoms with van der Waals surface area (Å²) in [6.45, 7) is 2.76. The molecule has 0 saturated heterocycles. The monoisotopic (exact) mass is 312 g/mol. The topological polar surface area (TPSA) is 139 Å². The van der Waals surface area contributed by atoms with Crippen molar-refractivity contribution in [3.8, 4) is 0 Å². The van der Waals surface area contributed by atoms with Crippen LogP contribution in [-0.2, 0) is 9.47 Å². The summed E-state index contributed by atoms with van der Waals surface area (Å²) in [5.41, 5.74) is -0.174. The van der Waals surface area contributed by atoms with Crippen molar-refractivity contribution in [1.82, 2.24) is 10.2 Å². The summed E-state index contributed by atoms with van der Waals surface area (Å²) in [6, 6.07) is 0. The van der Waals surface area contributed by atoms with E-state index in [0.29, 0.717) is 0 Å². The van der Waals surface area contributed by atoms with Gasteiger partial charge >= 0.3 is 11.9 Å². The molecule has 0 saturated carbocycles. The van der Waals surface area contributed by atoms with Gasteiger partial charge in [0.2, 0.25) is 0 Å². The summed E-state index contributed by atoms with van der Waals surface area (Å²) < 4.78 is 9.47. The molecule has 1 aromatic rings. The van der Waals surface area contributed by atoms with Gasteiger partial charge < -0.3 is 24.8 Å². The molecule has 0 aromatic carbocycles. The third kappa shape index (κ3) is 2.54. The maximum absolute atomic E-state index is 11.9. The summed E-state index contributed by atoms with van der Waals surface area (Å²) in [5, 5.41) is 36.8. The lowest BCUT2D eigenvalue weighted by Crippen LogP contribution is -2.46. The van der Waals surface area contributed by atoms with E-state index in [-0.39, 0.29) is 22.5 Å². The van der Waals surface area contributed by atoms with Crippen LogP contribution < -0.4 is 0 Å². The minimum atomic E-state index is -1.50. The number of carbonyl (C=O) groups is 2. The smallest absolute Gasteiger partial charge is 0.359 e. The second-order valence-electron chi connectivity index (χ2n) is 4.97. The van der Waals surface area contributed by atoms with Gasteiger partial charge in [-0.25, -0.2) is 9.59 Å².